The van der Waals surface area contributed by atoms with E-state index in [4.69, 9.17) is 16.6 Å². The molecule has 3 atom stereocenters. The van der Waals surface area contributed by atoms with Crippen molar-refractivity contribution < 1.29 is 33.9 Å². The molecule has 0 aromatic carbocycles. The average molecular weight is 486 g/mol. The van der Waals surface area contributed by atoms with Crippen LogP contribution in [0.25, 0.3) is 0 Å². The van der Waals surface area contributed by atoms with Crippen molar-refractivity contribution in [1.82, 2.24) is 26.2 Å². The first-order valence-electron chi connectivity index (χ1n) is 11.2. The molecule has 0 aromatic heterocycles. The van der Waals surface area contributed by atoms with Crippen molar-refractivity contribution in [2.24, 2.45) is 11.5 Å². The Labute approximate surface area is 197 Å². The Morgan fingerprint density at radius 2 is 1.71 bits per heavy atom. The molecule has 14 heteroatoms. The van der Waals surface area contributed by atoms with Crippen LogP contribution in [0.2, 0.25) is 0 Å². The topological polar surface area (TPSA) is 226 Å². The predicted octanol–water partition coefficient (Wildman–Crippen LogP) is -3.63. The molecule has 1 saturated heterocycles. The molecule has 9 N–H and O–H groups in total. The van der Waals surface area contributed by atoms with Gasteiger partial charge < -0.3 is 42.7 Å². The average Bonchev–Trinajstić information content (AvgIpc) is 3.29. The van der Waals surface area contributed by atoms with Gasteiger partial charge in [-0.15, -0.1) is 0 Å². The van der Waals surface area contributed by atoms with Gasteiger partial charge in [-0.2, -0.15) is 0 Å². The van der Waals surface area contributed by atoms with E-state index in [1.54, 1.807) is 0 Å². The second-order valence-corrected chi connectivity index (χ2v) is 7.97. The van der Waals surface area contributed by atoms with E-state index < -0.39 is 66.7 Å². The molecule has 1 heterocycles. The van der Waals surface area contributed by atoms with Crippen LogP contribution in [0.1, 0.15) is 39.0 Å². The fourth-order valence-corrected chi connectivity index (χ4v) is 3.30. The first-order valence-corrected chi connectivity index (χ1v) is 11.2. The SMILES string of the molecule is C[C@H](NC(=O)[C@@H](N)CCCCN)C(=O)NCC(=O)NCC(=O)N1CCC[C@H]1C(=O)NCC(=O)O. The number of rotatable bonds is 14. The molecule has 34 heavy (non-hydrogen) atoms. The molecular formula is C20H35N7O7. The lowest BCUT2D eigenvalue weighted by Crippen LogP contribution is -2.52. The summed E-state index contributed by atoms with van der Waals surface area (Å²) in [5.74, 6) is -3.98. The fraction of sp³-hybridized carbons (Fsp3) is 0.700. The largest absolute Gasteiger partial charge is 0.480 e. The molecule has 1 rings (SSSR count). The third-order valence-corrected chi connectivity index (χ3v) is 5.21. The predicted molar refractivity (Wildman–Crippen MR) is 120 cm³/mol. The van der Waals surface area contributed by atoms with Crippen molar-refractivity contribution in [3.8, 4) is 0 Å². The summed E-state index contributed by atoms with van der Waals surface area (Å²) in [5.41, 5.74) is 11.2. The van der Waals surface area contributed by atoms with E-state index in [1.165, 1.54) is 11.8 Å². The van der Waals surface area contributed by atoms with E-state index in [2.05, 4.69) is 21.3 Å². The van der Waals surface area contributed by atoms with Crippen molar-refractivity contribution in [2.45, 2.75) is 57.2 Å². The maximum absolute atomic E-state index is 12.4. The number of nitrogens with zero attached hydrogens (tertiary/aromatic N) is 1. The van der Waals surface area contributed by atoms with E-state index >= 15 is 0 Å². The fourth-order valence-electron chi connectivity index (χ4n) is 3.30. The number of likely N-dealkylation sites (tertiary alicyclic amines) is 1. The Morgan fingerprint density at radius 1 is 1.00 bits per heavy atom. The molecule has 0 radical (unpaired) electrons. The summed E-state index contributed by atoms with van der Waals surface area (Å²) < 4.78 is 0. The van der Waals surface area contributed by atoms with Gasteiger partial charge in [0.25, 0.3) is 0 Å². The number of nitrogens with two attached hydrogens (primary N) is 2. The standard InChI is InChI=1S/C20H35N7O7/c1-12(26-19(33)13(22)5-2-3-7-21)18(32)24-9-15(28)23-10-16(29)27-8-4-6-14(27)20(34)25-11-17(30)31/h12-14H,2-11,21-22H2,1H3,(H,23,28)(H,24,32)(H,25,34)(H,26,33)(H,30,31)/t12-,13-,14-/m0/s1. The van der Waals surface area contributed by atoms with Gasteiger partial charge in [-0.3, -0.25) is 28.8 Å². The van der Waals surface area contributed by atoms with Gasteiger partial charge >= 0.3 is 5.97 Å². The number of nitrogens with one attached hydrogen (secondary N) is 4. The highest BCUT2D eigenvalue weighted by molar-refractivity contribution is 5.93. The number of hydrogen-bond acceptors (Lipinski definition) is 8. The second kappa shape index (κ2) is 14.8. The summed E-state index contributed by atoms with van der Waals surface area (Å²) in [5, 5.41) is 18.1. The van der Waals surface area contributed by atoms with Crippen LogP contribution >= 0.6 is 0 Å². The van der Waals surface area contributed by atoms with Gasteiger partial charge in [-0.25, -0.2) is 0 Å². The highest BCUT2D eigenvalue weighted by atomic mass is 16.4. The number of carboxylic acids is 1. The van der Waals surface area contributed by atoms with Crippen molar-refractivity contribution in [2.75, 3.05) is 32.7 Å². The number of carbonyl (C=O) groups excluding carboxylic acids is 5. The second-order valence-electron chi connectivity index (χ2n) is 7.97. The first kappa shape index (κ1) is 28.8. The van der Waals surface area contributed by atoms with Gasteiger partial charge in [0.2, 0.25) is 29.5 Å². The normalized spacial score (nSPS) is 16.8. The van der Waals surface area contributed by atoms with E-state index in [0.29, 0.717) is 38.8 Å². The van der Waals surface area contributed by atoms with Gasteiger partial charge in [-0.05, 0) is 39.2 Å². The zero-order chi connectivity index (χ0) is 25.7. The van der Waals surface area contributed by atoms with E-state index in [0.717, 1.165) is 6.42 Å². The highest BCUT2D eigenvalue weighted by Crippen LogP contribution is 2.17. The smallest absolute Gasteiger partial charge is 0.322 e. The highest BCUT2D eigenvalue weighted by Gasteiger charge is 2.34. The zero-order valence-electron chi connectivity index (χ0n) is 19.3. The molecular weight excluding hydrogens is 450 g/mol. The minimum Gasteiger partial charge on any atom is -0.480 e. The van der Waals surface area contributed by atoms with Crippen LogP contribution in [0.4, 0.5) is 0 Å². The summed E-state index contributed by atoms with van der Waals surface area (Å²) >= 11 is 0. The van der Waals surface area contributed by atoms with E-state index in [1.807, 2.05) is 0 Å². The summed E-state index contributed by atoms with van der Waals surface area (Å²) in [7, 11) is 0. The third kappa shape index (κ3) is 10.1. The molecule has 192 valence electrons. The summed E-state index contributed by atoms with van der Waals surface area (Å²) in [6.07, 6.45) is 2.83. The molecule has 0 saturated carbocycles. The quantitative estimate of drug-likeness (QED) is 0.120. The molecule has 1 fully saturated rings. The van der Waals surface area contributed by atoms with Crippen LogP contribution in [0.15, 0.2) is 0 Å². The summed E-state index contributed by atoms with van der Waals surface area (Å²) in [6, 6.07) is -2.48. The van der Waals surface area contributed by atoms with Crippen molar-refractivity contribution in [1.29, 1.82) is 0 Å². The molecule has 0 spiro atoms. The first-order chi connectivity index (χ1) is 16.1. The maximum atomic E-state index is 12.4. The molecule has 0 unspecified atom stereocenters. The Bertz CT molecular complexity index is 762. The summed E-state index contributed by atoms with van der Waals surface area (Å²) in [6.45, 7) is 0.902. The maximum Gasteiger partial charge on any atom is 0.322 e. The van der Waals surface area contributed by atoms with Gasteiger partial charge in [-0.1, -0.05) is 6.42 Å². The minimum absolute atomic E-state index is 0.308. The molecule has 1 aliphatic rings. The molecule has 5 amide bonds. The van der Waals surface area contributed by atoms with Gasteiger partial charge in [0.1, 0.15) is 18.6 Å². The lowest BCUT2D eigenvalue weighted by atomic mass is 10.1. The molecule has 0 bridgehead atoms. The zero-order valence-corrected chi connectivity index (χ0v) is 19.3. The Kier molecular flexibility index (Phi) is 12.5. The van der Waals surface area contributed by atoms with Crippen LogP contribution in [0, 0.1) is 0 Å². The minimum atomic E-state index is -1.20. The van der Waals surface area contributed by atoms with Crippen LogP contribution in [0.5, 0.6) is 0 Å². The molecule has 1 aliphatic heterocycles. The number of amides is 5. The lowest BCUT2D eigenvalue weighted by molar-refractivity contribution is -0.141. The van der Waals surface area contributed by atoms with Crippen molar-refractivity contribution in [3.63, 3.8) is 0 Å². The van der Waals surface area contributed by atoms with Gasteiger partial charge in [0.15, 0.2) is 0 Å². The number of aliphatic carboxylic acids is 1. The molecule has 0 aliphatic carbocycles. The van der Waals surface area contributed by atoms with Crippen molar-refractivity contribution in [3.05, 3.63) is 0 Å². The van der Waals surface area contributed by atoms with Crippen LogP contribution in [-0.4, -0.2) is 96.4 Å². The number of carboxylic acid groups (broad SMARTS) is 1. The number of unbranched alkanes of at least 4 members (excludes halogenated alkanes) is 1. The van der Waals surface area contributed by atoms with Crippen molar-refractivity contribution >= 4 is 35.5 Å². The van der Waals surface area contributed by atoms with Gasteiger partial charge in [0, 0.05) is 6.54 Å². The summed E-state index contributed by atoms with van der Waals surface area (Å²) in [4.78, 5) is 72.5. The van der Waals surface area contributed by atoms with Gasteiger partial charge in [0.05, 0.1) is 19.1 Å². The van der Waals surface area contributed by atoms with Crippen LogP contribution in [-0.2, 0) is 28.8 Å². The Balaban J connectivity index is 2.37. The number of hydrogen-bond donors (Lipinski definition) is 7. The Hall–Kier alpha value is -3.26. The van der Waals surface area contributed by atoms with Crippen LogP contribution in [0.3, 0.4) is 0 Å². The van der Waals surface area contributed by atoms with E-state index in [9.17, 15) is 28.8 Å². The Morgan fingerprint density at radius 3 is 2.35 bits per heavy atom. The molecule has 14 nitrogen and oxygen atoms in total. The van der Waals surface area contributed by atoms with Crippen LogP contribution < -0.4 is 32.7 Å². The molecule has 0 aromatic rings. The number of carbonyl (C=O) groups is 6. The third-order valence-electron chi connectivity index (χ3n) is 5.21. The van der Waals surface area contributed by atoms with E-state index in [-0.39, 0.29) is 6.54 Å². The lowest BCUT2D eigenvalue weighted by Gasteiger charge is -2.24. The monoisotopic (exact) mass is 485 g/mol.